The summed E-state index contributed by atoms with van der Waals surface area (Å²) in [6.45, 7) is 4.40. The molecule has 88 valence electrons. The standard InChI is InChI=1S/C11H21NO3/c1-2-4-10(5-7-13)9-12-6-3-8-15-11(12)14/h10,13H,2-9H2,1H3. The SMILES string of the molecule is CCCC(CCO)CN1CCCOC1=O. The molecule has 0 aromatic heterocycles. The molecule has 0 bridgehead atoms. The minimum absolute atomic E-state index is 0.194. The Morgan fingerprint density at radius 1 is 1.53 bits per heavy atom. The van der Waals surface area contributed by atoms with E-state index >= 15 is 0 Å². The third-order valence-electron chi connectivity index (χ3n) is 2.77. The summed E-state index contributed by atoms with van der Waals surface area (Å²) in [7, 11) is 0. The fourth-order valence-electron chi connectivity index (χ4n) is 1.99. The highest BCUT2D eigenvalue weighted by atomic mass is 16.6. The molecule has 0 spiro atoms. The molecule has 1 aliphatic rings. The Balaban J connectivity index is 2.37. The maximum absolute atomic E-state index is 11.4. The molecule has 1 unspecified atom stereocenters. The van der Waals surface area contributed by atoms with E-state index in [9.17, 15) is 4.79 Å². The van der Waals surface area contributed by atoms with E-state index in [1.165, 1.54) is 0 Å². The number of hydrogen-bond donors (Lipinski definition) is 1. The van der Waals surface area contributed by atoms with E-state index in [1.807, 2.05) is 0 Å². The highest BCUT2D eigenvalue weighted by Gasteiger charge is 2.22. The highest BCUT2D eigenvalue weighted by Crippen LogP contribution is 2.15. The van der Waals surface area contributed by atoms with Crippen molar-refractivity contribution in [3.05, 3.63) is 0 Å². The summed E-state index contributed by atoms with van der Waals surface area (Å²) in [5, 5.41) is 8.92. The van der Waals surface area contributed by atoms with Crippen LogP contribution in [0, 0.1) is 5.92 Å². The van der Waals surface area contributed by atoms with Crippen molar-refractivity contribution in [2.24, 2.45) is 5.92 Å². The van der Waals surface area contributed by atoms with Crippen molar-refractivity contribution in [2.45, 2.75) is 32.6 Å². The van der Waals surface area contributed by atoms with E-state index in [1.54, 1.807) is 4.90 Å². The molecule has 1 amide bonds. The first kappa shape index (κ1) is 12.3. The van der Waals surface area contributed by atoms with Crippen molar-refractivity contribution in [3.8, 4) is 0 Å². The molecule has 1 saturated heterocycles. The lowest BCUT2D eigenvalue weighted by Gasteiger charge is -2.29. The normalized spacial score (nSPS) is 18.8. The maximum Gasteiger partial charge on any atom is 0.409 e. The Morgan fingerprint density at radius 2 is 2.33 bits per heavy atom. The molecular formula is C11H21NO3. The first-order valence-electron chi connectivity index (χ1n) is 5.80. The van der Waals surface area contributed by atoms with Crippen LogP contribution in [0.25, 0.3) is 0 Å². The van der Waals surface area contributed by atoms with E-state index in [-0.39, 0.29) is 12.7 Å². The van der Waals surface area contributed by atoms with Crippen LogP contribution in [0.5, 0.6) is 0 Å². The molecule has 1 aliphatic heterocycles. The fourth-order valence-corrected chi connectivity index (χ4v) is 1.99. The summed E-state index contributed by atoms with van der Waals surface area (Å²) < 4.78 is 4.97. The van der Waals surface area contributed by atoms with Crippen LogP contribution >= 0.6 is 0 Å². The van der Waals surface area contributed by atoms with Gasteiger partial charge in [-0.25, -0.2) is 4.79 Å². The molecular weight excluding hydrogens is 194 g/mol. The van der Waals surface area contributed by atoms with E-state index in [0.717, 1.165) is 38.8 Å². The lowest BCUT2D eigenvalue weighted by atomic mass is 9.99. The van der Waals surface area contributed by atoms with Crippen molar-refractivity contribution < 1.29 is 14.6 Å². The van der Waals surface area contributed by atoms with Gasteiger partial charge in [0.15, 0.2) is 0 Å². The molecule has 1 rings (SSSR count). The van der Waals surface area contributed by atoms with Crippen LogP contribution in [0.15, 0.2) is 0 Å². The van der Waals surface area contributed by atoms with Gasteiger partial charge in [0.05, 0.1) is 6.61 Å². The van der Waals surface area contributed by atoms with Crippen molar-refractivity contribution in [3.63, 3.8) is 0 Å². The summed E-state index contributed by atoms with van der Waals surface area (Å²) in [6, 6.07) is 0. The first-order chi connectivity index (χ1) is 7.27. The van der Waals surface area contributed by atoms with Crippen LogP contribution in [-0.2, 0) is 4.74 Å². The van der Waals surface area contributed by atoms with Crippen molar-refractivity contribution >= 4 is 6.09 Å². The zero-order valence-corrected chi connectivity index (χ0v) is 9.45. The van der Waals surface area contributed by atoms with Gasteiger partial charge < -0.3 is 14.7 Å². The van der Waals surface area contributed by atoms with Crippen molar-refractivity contribution in [1.82, 2.24) is 4.90 Å². The largest absolute Gasteiger partial charge is 0.449 e. The minimum Gasteiger partial charge on any atom is -0.449 e. The number of nitrogens with zero attached hydrogens (tertiary/aromatic N) is 1. The molecule has 1 N–H and O–H groups in total. The maximum atomic E-state index is 11.4. The monoisotopic (exact) mass is 215 g/mol. The summed E-state index contributed by atoms with van der Waals surface area (Å²) in [6.07, 6.45) is 3.65. The van der Waals surface area contributed by atoms with Crippen LogP contribution in [0.3, 0.4) is 0 Å². The van der Waals surface area contributed by atoms with Crippen LogP contribution in [0.4, 0.5) is 4.79 Å². The van der Waals surface area contributed by atoms with E-state index in [2.05, 4.69) is 6.92 Å². The number of ether oxygens (including phenoxy) is 1. The van der Waals surface area contributed by atoms with Crippen molar-refractivity contribution in [1.29, 1.82) is 0 Å². The number of carbonyl (C=O) groups excluding carboxylic acids is 1. The number of rotatable bonds is 6. The molecule has 1 fully saturated rings. The summed E-state index contributed by atoms with van der Waals surface area (Å²) in [5.74, 6) is 0.408. The molecule has 0 radical (unpaired) electrons. The lowest BCUT2D eigenvalue weighted by Crippen LogP contribution is -2.40. The second-order valence-electron chi connectivity index (χ2n) is 4.08. The molecule has 0 aromatic carbocycles. The van der Waals surface area contributed by atoms with Gasteiger partial charge in [-0.3, -0.25) is 0 Å². The number of amides is 1. The van der Waals surface area contributed by atoms with Gasteiger partial charge in [0.2, 0.25) is 0 Å². The molecule has 4 nitrogen and oxygen atoms in total. The third kappa shape index (κ3) is 4.08. The second kappa shape index (κ2) is 6.67. The number of aliphatic hydroxyl groups is 1. The van der Waals surface area contributed by atoms with Gasteiger partial charge in [-0.05, 0) is 25.2 Å². The molecule has 0 aromatic rings. The van der Waals surface area contributed by atoms with Gasteiger partial charge in [-0.2, -0.15) is 0 Å². The predicted octanol–water partition coefficient (Wildman–Crippen LogP) is 1.63. The topological polar surface area (TPSA) is 49.8 Å². The average molecular weight is 215 g/mol. The molecule has 4 heteroatoms. The average Bonchev–Trinajstić information content (AvgIpc) is 2.22. The van der Waals surface area contributed by atoms with Gasteiger partial charge in [-0.1, -0.05) is 13.3 Å². The number of hydrogen-bond acceptors (Lipinski definition) is 3. The summed E-state index contributed by atoms with van der Waals surface area (Å²) >= 11 is 0. The molecule has 15 heavy (non-hydrogen) atoms. The molecule has 1 atom stereocenters. The highest BCUT2D eigenvalue weighted by molar-refractivity contribution is 5.68. The van der Waals surface area contributed by atoms with Gasteiger partial charge in [0.25, 0.3) is 0 Å². The molecule has 0 aliphatic carbocycles. The smallest absolute Gasteiger partial charge is 0.409 e. The number of aliphatic hydroxyl groups excluding tert-OH is 1. The Bertz CT molecular complexity index is 190. The lowest BCUT2D eigenvalue weighted by molar-refractivity contribution is 0.0634. The zero-order valence-electron chi connectivity index (χ0n) is 9.45. The second-order valence-corrected chi connectivity index (χ2v) is 4.08. The minimum atomic E-state index is -0.194. The van der Waals surface area contributed by atoms with Gasteiger partial charge >= 0.3 is 6.09 Å². The van der Waals surface area contributed by atoms with E-state index < -0.39 is 0 Å². The van der Waals surface area contributed by atoms with Crippen LogP contribution in [-0.4, -0.2) is 42.4 Å². The quantitative estimate of drug-likeness (QED) is 0.732. The van der Waals surface area contributed by atoms with Crippen molar-refractivity contribution in [2.75, 3.05) is 26.3 Å². The Hall–Kier alpha value is -0.770. The van der Waals surface area contributed by atoms with Crippen LogP contribution in [0.2, 0.25) is 0 Å². The number of carbonyl (C=O) groups is 1. The Morgan fingerprint density at radius 3 is 2.93 bits per heavy atom. The fraction of sp³-hybridized carbons (Fsp3) is 0.909. The Labute approximate surface area is 91.2 Å². The number of cyclic esters (lactones) is 1. The van der Waals surface area contributed by atoms with E-state index in [0.29, 0.717) is 12.5 Å². The predicted molar refractivity (Wildman–Crippen MR) is 57.6 cm³/mol. The molecule has 0 saturated carbocycles. The van der Waals surface area contributed by atoms with Gasteiger partial charge in [0, 0.05) is 19.7 Å². The zero-order chi connectivity index (χ0) is 11.1. The van der Waals surface area contributed by atoms with E-state index in [4.69, 9.17) is 9.84 Å². The van der Waals surface area contributed by atoms with Gasteiger partial charge in [0.1, 0.15) is 0 Å². The molecule has 1 heterocycles. The third-order valence-corrected chi connectivity index (χ3v) is 2.77. The Kier molecular flexibility index (Phi) is 5.47. The first-order valence-corrected chi connectivity index (χ1v) is 5.80. The van der Waals surface area contributed by atoms with Gasteiger partial charge in [-0.15, -0.1) is 0 Å². The van der Waals surface area contributed by atoms with Crippen LogP contribution < -0.4 is 0 Å². The van der Waals surface area contributed by atoms with Crippen LogP contribution in [0.1, 0.15) is 32.6 Å². The summed E-state index contributed by atoms with van der Waals surface area (Å²) in [5.41, 5.74) is 0. The summed E-state index contributed by atoms with van der Waals surface area (Å²) in [4.78, 5) is 13.1.